The first kappa shape index (κ1) is 8.44. The van der Waals surface area contributed by atoms with Crippen LogP contribution in [0.2, 0.25) is 0 Å². The summed E-state index contributed by atoms with van der Waals surface area (Å²) in [6.07, 6.45) is -1.11. The van der Waals surface area contributed by atoms with E-state index in [4.69, 9.17) is 14.2 Å². The van der Waals surface area contributed by atoms with Crippen LogP contribution >= 0.6 is 0 Å². The van der Waals surface area contributed by atoms with Crippen molar-refractivity contribution in [2.24, 2.45) is 5.92 Å². The van der Waals surface area contributed by atoms with Gasteiger partial charge in [-0.15, -0.1) is 0 Å². The molecule has 0 amide bonds. The average Bonchev–Trinajstić information content (AvgIpc) is 2.48. The second kappa shape index (κ2) is 2.96. The van der Waals surface area contributed by atoms with Gasteiger partial charge in [-0.2, -0.15) is 0 Å². The van der Waals surface area contributed by atoms with Crippen molar-refractivity contribution < 1.29 is 19.3 Å². The molecule has 70 valence electrons. The number of hydrogen-bond acceptors (Lipinski definition) is 4. The summed E-state index contributed by atoms with van der Waals surface area (Å²) < 4.78 is 15.8. The molecule has 0 radical (unpaired) electrons. The van der Waals surface area contributed by atoms with Crippen molar-refractivity contribution in [2.45, 2.75) is 38.4 Å². The van der Waals surface area contributed by atoms with Gasteiger partial charge in [-0.25, -0.2) is 0 Å². The highest BCUT2D eigenvalue weighted by Gasteiger charge is 2.46. The smallest absolute Gasteiger partial charge is 0.184 e. The number of aliphatic hydroxyl groups is 1. The van der Waals surface area contributed by atoms with Gasteiger partial charge in [-0.05, 0) is 6.92 Å². The van der Waals surface area contributed by atoms with Gasteiger partial charge in [-0.1, -0.05) is 6.92 Å². The largest absolute Gasteiger partial charge is 0.366 e. The molecule has 0 aromatic heterocycles. The van der Waals surface area contributed by atoms with Crippen molar-refractivity contribution in [2.75, 3.05) is 6.79 Å². The summed E-state index contributed by atoms with van der Waals surface area (Å²) in [5, 5.41) is 9.44. The Hall–Kier alpha value is -0.160. The summed E-state index contributed by atoms with van der Waals surface area (Å²) in [6, 6.07) is 0. The molecule has 2 aliphatic heterocycles. The van der Waals surface area contributed by atoms with Crippen molar-refractivity contribution in [1.82, 2.24) is 0 Å². The molecule has 12 heavy (non-hydrogen) atoms. The minimum absolute atomic E-state index is 0.0104. The molecule has 2 aliphatic rings. The van der Waals surface area contributed by atoms with Crippen LogP contribution in [0.3, 0.4) is 0 Å². The van der Waals surface area contributed by atoms with E-state index in [1.807, 2.05) is 13.8 Å². The molecule has 4 nitrogen and oxygen atoms in total. The molecule has 0 saturated carbocycles. The zero-order valence-corrected chi connectivity index (χ0v) is 7.27. The minimum Gasteiger partial charge on any atom is -0.366 e. The lowest BCUT2D eigenvalue weighted by Gasteiger charge is -2.37. The molecule has 2 heterocycles. The van der Waals surface area contributed by atoms with Gasteiger partial charge in [0, 0.05) is 5.92 Å². The van der Waals surface area contributed by atoms with E-state index in [0.29, 0.717) is 0 Å². The molecular weight excluding hydrogens is 160 g/mol. The first-order valence-electron chi connectivity index (χ1n) is 4.27. The van der Waals surface area contributed by atoms with Crippen molar-refractivity contribution in [3.8, 4) is 0 Å². The number of aliphatic hydroxyl groups excluding tert-OH is 1. The SMILES string of the molecule is CC1OC(O)C2OCOC2C1C. The molecule has 2 fully saturated rings. The molecule has 5 atom stereocenters. The summed E-state index contributed by atoms with van der Waals surface area (Å²) in [4.78, 5) is 0. The second-order valence-corrected chi connectivity index (χ2v) is 3.47. The van der Waals surface area contributed by atoms with Crippen LogP contribution < -0.4 is 0 Å². The third-order valence-corrected chi connectivity index (χ3v) is 2.74. The maximum atomic E-state index is 9.44. The Balaban J connectivity index is 2.12. The zero-order valence-electron chi connectivity index (χ0n) is 7.27. The van der Waals surface area contributed by atoms with Gasteiger partial charge >= 0.3 is 0 Å². The van der Waals surface area contributed by atoms with Crippen LogP contribution in [0.15, 0.2) is 0 Å². The predicted octanol–water partition coefficient (Wildman–Crippen LogP) is 0.101. The highest BCUT2D eigenvalue weighted by atomic mass is 16.7. The van der Waals surface area contributed by atoms with Crippen LogP contribution in [0.1, 0.15) is 13.8 Å². The molecule has 2 rings (SSSR count). The molecule has 2 saturated heterocycles. The summed E-state index contributed by atoms with van der Waals surface area (Å²) in [5.74, 6) is 0.279. The van der Waals surface area contributed by atoms with E-state index in [1.54, 1.807) is 0 Å². The second-order valence-electron chi connectivity index (χ2n) is 3.47. The molecule has 0 aromatic rings. The topological polar surface area (TPSA) is 47.9 Å². The molecule has 1 N–H and O–H groups in total. The van der Waals surface area contributed by atoms with Crippen molar-refractivity contribution in [3.05, 3.63) is 0 Å². The van der Waals surface area contributed by atoms with Crippen molar-refractivity contribution in [3.63, 3.8) is 0 Å². The third kappa shape index (κ3) is 1.15. The highest BCUT2D eigenvalue weighted by Crippen LogP contribution is 2.32. The standard InChI is InChI=1S/C8H14O4/c1-4-5(2)12-8(9)7-6(4)10-3-11-7/h4-9H,3H2,1-2H3. The van der Waals surface area contributed by atoms with Gasteiger partial charge in [0.1, 0.15) is 12.9 Å². The Labute approximate surface area is 71.4 Å². The lowest BCUT2D eigenvalue weighted by atomic mass is 9.92. The fraction of sp³-hybridized carbons (Fsp3) is 1.00. The molecular formula is C8H14O4. The van der Waals surface area contributed by atoms with E-state index >= 15 is 0 Å². The van der Waals surface area contributed by atoms with Crippen LogP contribution in [0.4, 0.5) is 0 Å². The van der Waals surface area contributed by atoms with Gasteiger partial charge in [0.05, 0.1) is 12.2 Å². The maximum Gasteiger partial charge on any atom is 0.184 e. The Bertz CT molecular complexity index is 172. The monoisotopic (exact) mass is 174 g/mol. The quantitative estimate of drug-likeness (QED) is 0.566. The zero-order chi connectivity index (χ0) is 8.72. The van der Waals surface area contributed by atoms with E-state index in [-0.39, 0.29) is 31.0 Å². The summed E-state index contributed by atoms with van der Waals surface area (Å²) in [5.41, 5.74) is 0. The molecule has 0 bridgehead atoms. The Morgan fingerprint density at radius 1 is 1.17 bits per heavy atom. The number of fused-ring (bicyclic) bond motifs is 1. The van der Waals surface area contributed by atoms with Gasteiger partial charge < -0.3 is 19.3 Å². The third-order valence-electron chi connectivity index (χ3n) is 2.74. The number of ether oxygens (including phenoxy) is 3. The lowest BCUT2D eigenvalue weighted by molar-refractivity contribution is -0.234. The lowest BCUT2D eigenvalue weighted by Crippen LogP contribution is -2.50. The van der Waals surface area contributed by atoms with Crippen molar-refractivity contribution >= 4 is 0 Å². The highest BCUT2D eigenvalue weighted by molar-refractivity contribution is 4.88. The van der Waals surface area contributed by atoms with Crippen LogP contribution in [-0.2, 0) is 14.2 Å². The molecule has 5 unspecified atom stereocenters. The fourth-order valence-corrected chi connectivity index (χ4v) is 1.77. The first-order valence-corrected chi connectivity index (χ1v) is 4.27. The Kier molecular flexibility index (Phi) is 2.08. The minimum atomic E-state index is -0.830. The van der Waals surface area contributed by atoms with E-state index < -0.39 is 6.29 Å². The molecule has 4 heteroatoms. The molecule has 0 spiro atoms. The van der Waals surface area contributed by atoms with Crippen LogP contribution in [-0.4, -0.2) is 36.5 Å². The normalized spacial score (nSPS) is 53.8. The number of rotatable bonds is 0. The van der Waals surface area contributed by atoms with Crippen LogP contribution in [0.5, 0.6) is 0 Å². The first-order chi connectivity index (χ1) is 5.70. The molecule has 0 aliphatic carbocycles. The average molecular weight is 174 g/mol. The fourth-order valence-electron chi connectivity index (χ4n) is 1.77. The van der Waals surface area contributed by atoms with Gasteiger partial charge in [-0.3, -0.25) is 0 Å². The van der Waals surface area contributed by atoms with Gasteiger partial charge in [0.15, 0.2) is 6.29 Å². The van der Waals surface area contributed by atoms with Crippen LogP contribution in [0.25, 0.3) is 0 Å². The van der Waals surface area contributed by atoms with Gasteiger partial charge in [0.2, 0.25) is 0 Å². The molecule has 0 aromatic carbocycles. The maximum absolute atomic E-state index is 9.44. The predicted molar refractivity (Wildman–Crippen MR) is 40.3 cm³/mol. The van der Waals surface area contributed by atoms with E-state index in [9.17, 15) is 5.11 Å². The van der Waals surface area contributed by atoms with E-state index in [0.717, 1.165) is 0 Å². The number of hydrogen-bond donors (Lipinski definition) is 1. The van der Waals surface area contributed by atoms with Gasteiger partial charge in [0.25, 0.3) is 0 Å². The Morgan fingerprint density at radius 3 is 2.58 bits per heavy atom. The summed E-state index contributed by atoms with van der Waals surface area (Å²) in [6.45, 7) is 4.25. The van der Waals surface area contributed by atoms with E-state index in [1.165, 1.54) is 0 Å². The Morgan fingerprint density at radius 2 is 1.83 bits per heavy atom. The summed E-state index contributed by atoms with van der Waals surface area (Å²) in [7, 11) is 0. The summed E-state index contributed by atoms with van der Waals surface area (Å²) >= 11 is 0. The van der Waals surface area contributed by atoms with E-state index in [2.05, 4.69) is 0 Å². The van der Waals surface area contributed by atoms with Crippen LogP contribution in [0, 0.1) is 5.92 Å². The van der Waals surface area contributed by atoms with Crippen molar-refractivity contribution in [1.29, 1.82) is 0 Å².